The van der Waals surface area contributed by atoms with E-state index in [1.807, 2.05) is 5.01 Å². The third kappa shape index (κ3) is 4.98. The first-order chi connectivity index (χ1) is 4.79. The number of nitrogens with zero attached hydrogens (tertiary/aromatic N) is 1. The molecule has 0 bridgehead atoms. The summed E-state index contributed by atoms with van der Waals surface area (Å²) < 4.78 is 0. The number of rotatable bonds is 1. The van der Waals surface area contributed by atoms with E-state index in [2.05, 4.69) is 17.6 Å². The van der Waals surface area contributed by atoms with Gasteiger partial charge in [-0.1, -0.05) is 18.6 Å². The molecule has 0 spiro atoms. The Balaban J connectivity index is 0.000001000. The maximum absolute atomic E-state index is 10.4. The number of thiocarbonyl (C=S) groups is 1. The Labute approximate surface area is 94.4 Å². The molecule has 0 saturated carbocycles. The maximum Gasteiger partial charge on any atom is 1.00 e. The standard InChI is InChI=1S/C6H12N2OS.Na/c9-6(10)7-8-4-2-1-3-5-8;/h1-5H2,(H2,7,9,10);/q;+1/p-1. The van der Waals surface area contributed by atoms with Crippen LogP contribution < -0.4 is 40.1 Å². The van der Waals surface area contributed by atoms with E-state index in [1.165, 1.54) is 6.42 Å². The van der Waals surface area contributed by atoms with Gasteiger partial charge in [-0.2, -0.15) is 0 Å². The molecule has 5 heteroatoms. The summed E-state index contributed by atoms with van der Waals surface area (Å²) in [5.74, 6) is 0. The van der Waals surface area contributed by atoms with Crippen LogP contribution in [0.3, 0.4) is 0 Å². The maximum atomic E-state index is 10.4. The number of nitrogens with one attached hydrogen (secondary N) is 1. The Kier molecular flexibility index (Phi) is 6.56. The van der Waals surface area contributed by atoms with Gasteiger partial charge in [-0.05, 0) is 12.8 Å². The Morgan fingerprint density at radius 3 is 2.27 bits per heavy atom. The third-order valence-corrected chi connectivity index (χ3v) is 1.70. The first kappa shape index (κ1) is 11.6. The van der Waals surface area contributed by atoms with Crippen molar-refractivity contribution in [3.8, 4) is 0 Å². The van der Waals surface area contributed by atoms with E-state index in [-0.39, 0.29) is 34.7 Å². The molecule has 1 rings (SSSR count). The van der Waals surface area contributed by atoms with Gasteiger partial charge in [0.2, 0.25) is 0 Å². The minimum Gasteiger partial charge on any atom is -0.851 e. The molecule has 0 amide bonds. The fraction of sp³-hybridized carbons (Fsp3) is 0.833. The van der Waals surface area contributed by atoms with Gasteiger partial charge in [0, 0.05) is 18.3 Å². The Bertz CT molecular complexity index is 128. The monoisotopic (exact) mass is 182 g/mol. The molecule has 0 unspecified atom stereocenters. The number of hydrogen-bond donors (Lipinski definition) is 1. The molecule has 0 aromatic carbocycles. The summed E-state index contributed by atoms with van der Waals surface area (Å²) in [6.07, 6.45) is 3.59. The molecule has 58 valence electrons. The van der Waals surface area contributed by atoms with Crippen LogP contribution in [0.2, 0.25) is 0 Å². The van der Waals surface area contributed by atoms with Gasteiger partial charge in [-0.25, -0.2) is 5.01 Å². The molecule has 1 heterocycles. The molecule has 0 aliphatic carbocycles. The summed E-state index contributed by atoms with van der Waals surface area (Å²) in [4.78, 5) is 0. The second-order valence-corrected chi connectivity index (χ2v) is 2.82. The van der Waals surface area contributed by atoms with Crippen LogP contribution in [0.1, 0.15) is 19.3 Å². The van der Waals surface area contributed by atoms with Crippen LogP contribution in [0.15, 0.2) is 0 Å². The largest absolute Gasteiger partial charge is 1.00 e. The molecule has 0 atom stereocenters. The van der Waals surface area contributed by atoms with E-state index >= 15 is 0 Å². The molecule has 1 saturated heterocycles. The fourth-order valence-corrected chi connectivity index (χ4v) is 1.26. The van der Waals surface area contributed by atoms with Crippen molar-refractivity contribution in [1.82, 2.24) is 10.4 Å². The smallest absolute Gasteiger partial charge is 0.851 e. The van der Waals surface area contributed by atoms with Gasteiger partial charge >= 0.3 is 29.6 Å². The van der Waals surface area contributed by atoms with Crippen LogP contribution in [-0.4, -0.2) is 23.3 Å². The number of piperidine rings is 1. The second-order valence-electron chi connectivity index (χ2n) is 2.45. The molecule has 3 nitrogen and oxygen atoms in total. The number of hydrazine groups is 1. The van der Waals surface area contributed by atoms with E-state index in [9.17, 15) is 5.11 Å². The average molecular weight is 182 g/mol. The zero-order valence-electron chi connectivity index (χ0n) is 6.80. The van der Waals surface area contributed by atoms with E-state index in [4.69, 9.17) is 0 Å². The van der Waals surface area contributed by atoms with Crippen molar-refractivity contribution in [2.24, 2.45) is 0 Å². The van der Waals surface area contributed by atoms with Gasteiger partial charge < -0.3 is 10.5 Å². The topological polar surface area (TPSA) is 38.3 Å². The van der Waals surface area contributed by atoms with Gasteiger partial charge in [0.05, 0.1) is 0 Å². The Morgan fingerprint density at radius 1 is 1.27 bits per heavy atom. The molecule has 1 fully saturated rings. The Morgan fingerprint density at radius 2 is 1.82 bits per heavy atom. The van der Waals surface area contributed by atoms with E-state index in [0.717, 1.165) is 25.9 Å². The van der Waals surface area contributed by atoms with Crippen LogP contribution in [0.25, 0.3) is 0 Å². The number of hydrogen-bond acceptors (Lipinski definition) is 3. The quantitative estimate of drug-likeness (QED) is 0.339. The molecule has 0 aromatic rings. The van der Waals surface area contributed by atoms with Crippen molar-refractivity contribution in [2.45, 2.75) is 19.3 Å². The molecular weight excluding hydrogens is 171 g/mol. The summed E-state index contributed by atoms with van der Waals surface area (Å²) >= 11 is 4.37. The van der Waals surface area contributed by atoms with Gasteiger partial charge in [0.25, 0.3) is 0 Å². The van der Waals surface area contributed by atoms with Crippen molar-refractivity contribution < 1.29 is 34.7 Å². The summed E-state index contributed by atoms with van der Waals surface area (Å²) in [5.41, 5.74) is 2.59. The first-order valence-corrected chi connectivity index (χ1v) is 3.92. The minimum atomic E-state index is -0.373. The molecule has 11 heavy (non-hydrogen) atoms. The van der Waals surface area contributed by atoms with E-state index in [1.54, 1.807) is 0 Å². The van der Waals surface area contributed by atoms with E-state index in [0.29, 0.717) is 0 Å². The zero-order chi connectivity index (χ0) is 7.40. The van der Waals surface area contributed by atoms with Gasteiger partial charge in [-0.3, -0.25) is 0 Å². The molecule has 1 N–H and O–H groups in total. The normalized spacial score (nSPS) is 18.5. The predicted octanol–water partition coefficient (Wildman–Crippen LogP) is -3.37. The summed E-state index contributed by atoms with van der Waals surface area (Å²) in [7, 11) is 0. The molecule has 0 radical (unpaired) electrons. The molecular formula is C6H11N2NaOS. The van der Waals surface area contributed by atoms with Crippen LogP contribution in [0.5, 0.6) is 0 Å². The van der Waals surface area contributed by atoms with Crippen molar-refractivity contribution in [3.05, 3.63) is 0 Å². The van der Waals surface area contributed by atoms with Crippen LogP contribution >= 0.6 is 12.2 Å². The zero-order valence-corrected chi connectivity index (χ0v) is 9.62. The molecule has 1 aliphatic rings. The van der Waals surface area contributed by atoms with Crippen LogP contribution in [0, 0.1) is 0 Å². The molecule has 0 aromatic heterocycles. The first-order valence-electron chi connectivity index (χ1n) is 3.51. The third-order valence-electron chi connectivity index (χ3n) is 1.61. The van der Waals surface area contributed by atoms with Crippen molar-refractivity contribution in [3.63, 3.8) is 0 Å². The Hall–Kier alpha value is 0.650. The molecule has 1 aliphatic heterocycles. The average Bonchev–Trinajstić information content (AvgIpc) is 1.88. The van der Waals surface area contributed by atoms with Crippen molar-refractivity contribution in [2.75, 3.05) is 13.1 Å². The summed E-state index contributed by atoms with van der Waals surface area (Å²) in [6.45, 7) is 1.89. The van der Waals surface area contributed by atoms with Crippen LogP contribution in [-0.2, 0) is 0 Å². The van der Waals surface area contributed by atoms with Crippen molar-refractivity contribution >= 4 is 17.4 Å². The summed E-state index contributed by atoms with van der Waals surface area (Å²) in [5, 5.41) is 11.9. The fourth-order valence-electron chi connectivity index (χ4n) is 1.13. The second kappa shape index (κ2) is 6.20. The van der Waals surface area contributed by atoms with Gasteiger partial charge in [0.1, 0.15) is 0 Å². The SMILES string of the molecule is [Na+].[O-]C(=S)NN1CCCCC1. The van der Waals surface area contributed by atoms with Crippen molar-refractivity contribution in [1.29, 1.82) is 0 Å². The summed E-state index contributed by atoms with van der Waals surface area (Å²) in [6, 6.07) is 0. The minimum absolute atomic E-state index is 0. The van der Waals surface area contributed by atoms with Crippen LogP contribution in [0.4, 0.5) is 0 Å². The van der Waals surface area contributed by atoms with Gasteiger partial charge in [-0.15, -0.1) is 0 Å². The van der Waals surface area contributed by atoms with Gasteiger partial charge in [0.15, 0.2) is 0 Å². The van der Waals surface area contributed by atoms with E-state index < -0.39 is 0 Å². The predicted molar refractivity (Wildman–Crippen MR) is 41.2 cm³/mol.